The molecule has 0 saturated heterocycles. The van der Waals surface area contributed by atoms with Crippen molar-refractivity contribution in [2.75, 3.05) is 6.61 Å². The van der Waals surface area contributed by atoms with Crippen molar-refractivity contribution in [1.29, 1.82) is 0 Å². The Kier molecular flexibility index (Phi) is 5.04. The Bertz CT molecular complexity index is 1120. The fourth-order valence-corrected chi connectivity index (χ4v) is 3.92. The van der Waals surface area contributed by atoms with Crippen molar-refractivity contribution in [1.82, 2.24) is 0 Å². The molecule has 1 aliphatic rings. The van der Waals surface area contributed by atoms with E-state index in [1.807, 2.05) is 42.5 Å². The average molecular weight is 391 g/mol. The van der Waals surface area contributed by atoms with Crippen LogP contribution < -0.4 is 0 Å². The fourth-order valence-electron chi connectivity index (χ4n) is 2.91. The van der Waals surface area contributed by atoms with Crippen LogP contribution in [-0.2, 0) is 9.53 Å². The third-order valence-electron chi connectivity index (χ3n) is 4.18. The number of fused-ring (bicyclic) bond motifs is 1. The lowest BCUT2D eigenvalue weighted by molar-refractivity contribution is -0.138. The zero-order valence-corrected chi connectivity index (χ0v) is 15.9. The molecule has 0 fully saturated rings. The summed E-state index contributed by atoms with van der Waals surface area (Å²) in [5.41, 5.74) is 0.784. The van der Waals surface area contributed by atoms with Crippen molar-refractivity contribution in [2.45, 2.75) is 6.92 Å². The molecule has 5 nitrogen and oxygen atoms in total. The number of nitrogens with zero attached hydrogens (tertiary/aromatic N) is 1. The number of furan rings is 1. The van der Waals surface area contributed by atoms with Gasteiger partial charge < -0.3 is 14.3 Å². The van der Waals surface area contributed by atoms with Gasteiger partial charge in [0.1, 0.15) is 22.1 Å². The number of aliphatic imine (C=N–C) groups is 1. The van der Waals surface area contributed by atoms with Crippen molar-refractivity contribution >= 4 is 45.3 Å². The number of rotatable bonds is 4. The van der Waals surface area contributed by atoms with Crippen LogP contribution in [0.15, 0.2) is 86.5 Å². The summed E-state index contributed by atoms with van der Waals surface area (Å²) in [6.45, 7) is 1.93. The molecule has 0 radical (unpaired) electrons. The zero-order chi connectivity index (χ0) is 19.5. The van der Waals surface area contributed by atoms with Crippen LogP contribution in [0, 0.1) is 0 Å². The first-order chi connectivity index (χ1) is 13.7. The molecule has 0 amide bonds. The number of aliphatic hydroxyl groups excluding tert-OH is 1. The van der Waals surface area contributed by atoms with Gasteiger partial charge in [-0.3, -0.25) is 0 Å². The lowest BCUT2D eigenvalue weighted by atomic mass is 10.1. The Morgan fingerprint density at radius 2 is 2.00 bits per heavy atom. The average Bonchev–Trinajstić information content (AvgIpc) is 3.31. The van der Waals surface area contributed by atoms with E-state index < -0.39 is 5.97 Å². The van der Waals surface area contributed by atoms with Gasteiger partial charge in [-0.25, -0.2) is 9.79 Å². The molecule has 0 saturated carbocycles. The van der Waals surface area contributed by atoms with Crippen LogP contribution in [0.3, 0.4) is 0 Å². The van der Waals surface area contributed by atoms with Crippen LogP contribution in [0.2, 0.25) is 0 Å². The molecular weight excluding hydrogens is 374 g/mol. The Balaban J connectivity index is 1.82. The number of hydrogen-bond acceptors (Lipinski definition) is 6. The van der Waals surface area contributed by atoms with Crippen molar-refractivity contribution in [3.63, 3.8) is 0 Å². The standard InChI is InChI=1S/C22H17NO4S/c1-2-26-22(25)19-20(24)18(13-15-9-6-12-27-15)28-21(19)23-17-11-5-8-14-7-3-4-10-16(14)17/h3-13,24H,2H2,1H3. The van der Waals surface area contributed by atoms with Gasteiger partial charge in [0, 0.05) is 5.39 Å². The van der Waals surface area contributed by atoms with E-state index in [1.54, 1.807) is 31.4 Å². The highest BCUT2D eigenvalue weighted by molar-refractivity contribution is 8.18. The van der Waals surface area contributed by atoms with Gasteiger partial charge in [0.15, 0.2) is 0 Å². The first kappa shape index (κ1) is 18.1. The van der Waals surface area contributed by atoms with Gasteiger partial charge in [0.05, 0.1) is 23.5 Å². The molecule has 1 aliphatic heterocycles. The lowest BCUT2D eigenvalue weighted by Gasteiger charge is -2.05. The molecule has 0 unspecified atom stereocenters. The van der Waals surface area contributed by atoms with Gasteiger partial charge in [-0.1, -0.05) is 48.2 Å². The topological polar surface area (TPSA) is 72.0 Å². The molecule has 4 rings (SSSR count). The monoisotopic (exact) mass is 391 g/mol. The summed E-state index contributed by atoms with van der Waals surface area (Å²) in [6.07, 6.45) is 3.22. The molecule has 2 heterocycles. The maximum absolute atomic E-state index is 12.5. The van der Waals surface area contributed by atoms with Gasteiger partial charge in [-0.05, 0) is 36.6 Å². The molecule has 6 heteroatoms. The first-order valence-corrected chi connectivity index (χ1v) is 9.59. The van der Waals surface area contributed by atoms with Gasteiger partial charge in [-0.2, -0.15) is 0 Å². The van der Waals surface area contributed by atoms with Crippen molar-refractivity contribution in [3.05, 3.63) is 82.9 Å². The smallest absolute Gasteiger partial charge is 0.344 e. The molecule has 0 atom stereocenters. The Morgan fingerprint density at radius 1 is 1.18 bits per heavy atom. The van der Waals surface area contributed by atoms with Crippen LogP contribution in [0.25, 0.3) is 16.8 Å². The number of hydrogen-bond donors (Lipinski definition) is 1. The summed E-state index contributed by atoms with van der Waals surface area (Å²) >= 11 is 1.21. The predicted molar refractivity (Wildman–Crippen MR) is 112 cm³/mol. The number of carbonyl (C=O) groups excluding carboxylic acids is 1. The highest BCUT2D eigenvalue weighted by Crippen LogP contribution is 2.41. The minimum absolute atomic E-state index is 0.0672. The van der Waals surface area contributed by atoms with E-state index in [0.717, 1.165) is 16.5 Å². The highest BCUT2D eigenvalue weighted by Gasteiger charge is 2.33. The number of thioether (sulfide) groups is 1. The number of carbonyl (C=O) groups is 1. The zero-order valence-electron chi connectivity index (χ0n) is 15.1. The van der Waals surface area contributed by atoms with Gasteiger partial charge in [0.25, 0.3) is 0 Å². The summed E-state index contributed by atoms with van der Waals surface area (Å²) in [5.74, 6) is -0.183. The van der Waals surface area contributed by atoms with Crippen LogP contribution >= 0.6 is 11.8 Å². The number of benzene rings is 2. The fraction of sp³-hybridized carbons (Fsp3) is 0.0909. The largest absolute Gasteiger partial charge is 0.506 e. The second-order valence-corrected chi connectivity index (χ2v) is 7.02. The molecule has 140 valence electrons. The molecule has 0 aliphatic carbocycles. The van der Waals surface area contributed by atoms with Crippen molar-refractivity contribution in [2.24, 2.45) is 4.99 Å². The summed E-state index contributed by atoms with van der Waals surface area (Å²) < 4.78 is 10.5. The van der Waals surface area contributed by atoms with Crippen LogP contribution in [-0.4, -0.2) is 22.7 Å². The van der Waals surface area contributed by atoms with Crippen LogP contribution in [0.4, 0.5) is 5.69 Å². The normalized spacial score (nSPS) is 17.0. The molecule has 0 spiro atoms. The molecule has 3 aromatic rings. The van der Waals surface area contributed by atoms with E-state index in [-0.39, 0.29) is 17.9 Å². The number of ether oxygens (including phenoxy) is 1. The van der Waals surface area contributed by atoms with Gasteiger partial charge in [0.2, 0.25) is 0 Å². The molecule has 1 aromatic heterocycles. The third-order valence-corrected chi connectivity index (χ3v) is 5.20. The molecular formula is C22H17NO4S. The van der Waals surface area contributed by atoms with E-state index in [4.69, 9.17) is 14.1 Å². The van der Waals surface area contributed by atoms with Crippen molar-refractivity contribution < 1.29 is 19.1 Å². The summed E-state index contributed by atoms with van der Waals surface area (Å²) in [7, 11) is 0. The minimum Gasteiger partial charge on any atom is -0.506 e. The predicted octanol–water partition coefficient (Wildman–Crippen LogP) is 5.63. The Hall–Kier alpha value is -3.25. The second-order valence-electron chi connectivity index (χ2n) is 5.99. The van der Waals surface area contributed by atoms with Crippen molar-refractivity contribution in [3.8, 4) is 0 Å². The first-order valence-electron chi connectivity index (χ1n) is 8.78. The van der Waals surface area contributed by atoms with Crippen LogP contribution in [0.1, 0.15) is 12.7 Å². The number of aliphatic hydroxyl groups is 1. The van der Waals surface area contributed by atoms with Gasteiger partial charge >= 0.3 is 5.97 Å². The lowest BCUT2D eigenvalue weighted by Crippen LogP contribution is -2.12. The van der Waals surface area contributed by atoms with Crippen LogP contribution in [0.5, 0.6) is 0 Å². The quantitative estimate of drug-likeness (QED) is 0.584. The minimum atomic E-state index is -0.602. The van der Waals surface area contributed by atoms with E-state index in [2.05, 4.69) is 0 Å². The molecule has 0 bridgehead atoms. The van der Waals surface area contributed by atoms with Gasteiger partial charge in [-0.15, -0.1) is 0 Å². The maximum atomic E-state index is 12.5. The summed E-state index contributed by atoms with van der Waals surface area (Å²) in [6, 6.07) is 17.2. The SMILES string of the molecule is CCOC(=O)C1=C(O)C(=Cc2ccco2)SC1=Nc1cccc2ccccc12. The van der Waals surface area contributed by atoms with E-state index in [1.165, 1.54) is 11.8 Å². The number of esters is 1. The maximum Gasteiger partial charge on any atom is 0.344 e. The van der Waals surface area contributed by atoms with E-state index in [9.17, 15) is 9.90 Å². The Labute approximate surface area is 166 Å². The van der Waals surface area contributed by atoms with E-state index >= 15 is 0 Å². The molecule has 1 N–H and O–H groups in total. The second kappa shape index (κ2) is 7.78. The van der Waals surface area contributed by atoms with E-state index in [0.29, 0.717) is 15.7 Å². The summed E-state index contributed by atoms with van der Waals surface area (Å²) in [4.78, 5) is 17.7. The molecule has 28 heavy (non-hydrogen) atoms. The third kappa shape index (κ3) is 3.46. The molecule has 2 aromatic carbocycles. The summed E-state index contributed by atoms with van der Waals surface area (Å²) in [5, 5.41) is 13.1. The highest BCUT2D eigenvalue weighted by atomic mass is 32.2. The Morgan fingerprint density at radius 3 is 2.79 bits per heavy atom.